The van der Waals surface area contributed by atoms with Crippen molar-refractivity contribution in [1.29, 1.82) is 0 Å². The lowest BCUT2D eigenvalue weighted by atomic mass is 10.4. The summed E-state index contributed by atoms with van der Waals surface area (Å²) in [4.78, 5) is 16.9. The summed E-state index contributed by atoms with van der Waals surface area (Å²) in [6, 6.07) is 0. The number of halogens is 1. The summed E-state index contributed by atoms with van der Waals surface area (Å²) in [5.41, 5.74) is 0. The van der Waals surface area contributed by atoms with E-state index in [0.29, 0.717) is 38.7 Å². The molecule has 2 N–H and O–H groups in total. The van der Waals surface area contributed by atoms with Gasteiger partial charge in [-0.05, 0) is 6.92 Å². The van der Waals surface area contributed by atoms with Crippen LogP contribution < -0.4 is 10.6 Å². The molecule has 0 bridgehead atoms. The second-order valence-corrected chi connectivity index (χ2v) is 3.66. The largest absolute Gasteiger partial charge is 0.380 e. The number of nitrogens with one attached hydrogen (secondary N) is 2. The Hall–Kier alpha value is -0.570. The Morgan fingerprint density at radius 2 is 1.89 bits per heavy atom. The lowest BCUT2D eigenvalue weighted by molar-refractivity contribution is -0.128. The van der Waals surface area contributed by atoms with E-state index in [9.17, 15) is 4.79 Å². The molecule has 0 saturated carbocycles. The maximum atomic E-state index is 11.3. The number of hydrogen-bond donors (Lipinski definition) is 2. The number of ether oxygens (including phenoxy) is 1. The fraction of sp³-hybridized carbons (Fsp3) is 0.818. The van der Waals surface area contributed by atoms with Crippen molar-refractivity contribution in [3.63, 3.8) is 0 Å². The van der Waals surface area contributed by atoms with Crippen LogP contribution in [0.15, 0.2) is 4.99 Å². The number of carbonyl (C=O) groups is 1. The summed E-state index contributed by atoms with van der Waals surface area (Å²) in [5.74, 6) is 0.790. The van der Waals surface area contributed by atoms with Crippen molar-refractivity contribution in [3.8, 4) is 0 Å². The van der Waals surface area contributed by atoms with Gasteiger partial charge in [0.1, 0.15) is 0 Å². The highest BCUT2D eigenvalue weighted by molar-refractivity contribution is 14.0. The van der Waals surface area contributed by atoms with Gasteiger partial charge in [-0.2, -0.15) is 0 Å². The highest BCUT2D eigenvalue weighted by atomic mass is 127. The Bertz CT molecular complexity index is 247. The first kappa shape index (κ1) is 19.8. The van der Waals surface area contributed by atoms with Crippen LogP contribution in [0.2, 0.25) is 0 Å². The third-order valence-corrected chi connectivity index (χ3v) is 2.10. The molecule has 0 aliphatic heterocycles. The summed E-state index contributed by atoms with van der Waals surface area (Å²) in [6.07, 6.45) is 0.458. The third-order valence-electron chi connectivity index (χ3n) is 2.10. The Morgan fingerprint density at radius 1 is 1.28 bits per heavy atom. The zero-order chi connectivity index (χ0) is 13.1. The van der Waals surface area contributed by atoms with Gasteiger partial charge < -0.3 is 20.3 Å². The van der Waals surface area contributed by atoms with Gasteiger partial charge in [-0.3, -0.25) is 9.79 Å². The van der Waals surface area contributed by atoms with Gasteiger partial charge in [-0.25, -0.2) is 0 Å². The van der Waals surface area contributed by atoms with Gasteiger partial charge in [0.25, 0.3) is 0 Å². The number of amides is 1. The summed E-state index contributed by atoms with van der Waals surface area (Å²) >= 11 is 0. The van der Waals surface area contributed by atoms with E-state index < -0.39 is 0 Å². The molecule has 0 fully saturated rings. The molecule has 6 nitrogen and oxygen atoms in total. The van der Waals surface area contributed by atoms with Crippen molar-refractivity contribution in [2.24, 2.45) is 4.99 Å². The van der Waals surface area contributed by atoms with Gasteiger partial charge in [-0.1, -0.05) is 0 Å². The van der Waals surface area contributed by atoms with Crippen molar-refractivity contribution in [1.82, 2.24) is 15.5 Å². The van der Waals surface area contributed by atoms with Crippen molar-refractivity contribution < 1.29 is 9.53 Å². The number of hydrogen-bond acceptors (Lipinski definition) is 3. The highest BCUT2D eigenvalue weighted by Crippen LogP contribution is 1.84. The van der Waals surface area contributed by atoms with Gasteiger partial charge in [0, 0.05) is 47.3 Å². The van der Waals surface area contributed by atoms with E-state index in [4.69, 9.17) is 4.74 Å². The number of carbonyl (C=O) groups excluding carboxylic acids is 1. The number of guanidine groups is 1. The highest BCUT2D eigenvalue weighted by Gasteiger charge is 2.03. The van der Waals surface area contributed by atoms with Crippen LogP contribution in [0.25, 0.3) is 0 Å². The average Bonchev–Trinajstić information content (AvgIpc) is 2.31. The molecule has 0 rings (SSSR count). The minimum Gasteiger partial charge on any atom is -0.380 e. The lowest BCUT2D eigenvalue weighted by Crippen LogP contribution is -2.40. The standard InChI is InChI=1S/C11H24N4O2.HI/c1-5-17-9-8-14-11(12-2)13-7-6-10(16)15(3)4;/h5-9H2,1-4H3,(H2,12,13,14);1H. The van der Waals surface area contributed by atoms with Gasteiger partial charge in [-0.15, -0.1) is 24.0 Å². The molecule has 0 aromatic heterocycles. The second kappa shape index (κ2) is 12.9. The van der Waals surface area contributed by atoms with Crippen LogP contribution in [0.1, 0.15) is 13.3 Å². The van der Waals surface area contributed by atoms with E-state index in [0.717, 1.165) is 0 Å². The van der Waals surface area contributed by atoms with Crippen LogP contribution in [0.3, 0.4) is 0 Å². The lowest BCUT2D eigenvalue weighted by Gasteiger charge is -2.13. The smallest absolute Gasteiger partial charge is 0.223 e. The molecule has 0 heterocycles. The van der Waals surface area contributed by atoms with Crippen LogP contribution in [0.4, 0.5) is 0 Å². The molecule has 7 heteroatoms. The molecule has 0 unspecified atom stereocenters. The summed E-state index contributed by atoms with van der Waals surface area (Å²) in [7, 11) is 5.19. The van der Waals surface area contributed by atoms with Crippen LogP contribution in [-0.2, 0) is 9.53 Å². The molecule has 0 aromatic carbocycles. The first-order chi connectivity index (χ1) is 8.11. The summed E-state index contributed by atoms with van der Waals surface area (Å²) < 4.78 is 5.20. The van der Waals surface area contributed by atoms with Crippen molar-refractivity contribution in [2.45, 2.75) is 13.3 Å². The molecule has 0 radical (unpaired) electrons. The predicted molar refractivity (Wildman–Crippen MR) is 84.6 cm³/mol. The first-order valence-electron chi connectivity index (χ1n) is 5.84. The number of aliphatic imine (C=N–C) groups is 1. The first-order valence-corrected chi connectivity index (χ1v) is 5.84. The fourth-order valence-electron chi connectivity index (χ4n) is 1.12. The van der Waals surface area contributed by atoms with Crippen LogP contribution >= 0.6 is 24.0 Å². The van der Waals surface area contributed by atoms with Gasteiger partial charge >= 0.3 is 0 Å². The molecule has 18 heavy (non-hydrogen) atoms. The predicted octanol–water partition coefficient (Wildman–Crippen LogP) is 0.284. The Morgan fingerprint density at radius 3 is 2.39 bits per heavy atom. The average molecular weight is 372 g/mol. The molecular formula is C11H25IN4O2. The van der Waals surface area contributed by atoms with E-state index >= 15 is 0 Å². The van der Waals surface area contributed by atoms with Crippen molar-refractivity contribution in [2.75, 3.05) is 47.4 Å². The molecule has 0 aliphatic carbocycles. The molecule has 0 saturated heterocycles. The Labute approximate surface area is 127 Å². The third kappa shape index (κ3) is 10.6. The van der Waals surface area contributed by atoms with E-state index in [1.165, 1.54) is 0 Å². The normalized spacial score (nSPS) is 10.6. The Balaban J connectivity index is 0. The van der Waals surface area contributed by atoms with Gasteiger partial charge in [0.2, 0.25) is 5.91 Å². The van der Waals surface area contributed by atoms with Crippen LogP contribution in [-0.4, -0.2) is 64.2 Å². The summed E-state index contributed by atoms with van der Waals surface area (Å²) in [5, 5.41) is 6.16. The topological polar surface area (TPSA) is 66.0 Å². The van der Waals surface area contributed by atoms with E-state index in [2.05, 4.69) is 15.6 Å². The van der Waals surface area contributed by atoms with E-state index in [1.807, 2.05) is 6.92 Å². The van der Waals surface area contributed by atoms with Crippen molar-refractivity contribution in [3.05, 3.63) is 0 Å². The molecule has 108 valence electrons. The minimum atomic E-state index is 0. The van der Waals surface area contributed by atoms with Gasteiger partial charge in [0.05, 0.1) is 6.61 Å². The zero-order valence-corrected chi connectivity index (χ0v) is 14.0. The van der Waals surface area contributed by atoms with Crippen LogP contribution in [0.5, 0.6) is 0 Å². The molecule has 0 aliphatic rings. The Kier molecular flexibility index (Phi) is 14.1. The molecule has 0 atom stereocenters. The molecule has 0 spiro atoms. The summed E-state index contributed by atoms with van der Waals surface area (Å²) in [6.45, 7) is 4.60. The second-order valence-electron chi connectivity index (χ2n) is 3.66. The quantitative estimate of drug-likeness (QED) is 0.292. The maximum absolute atomic E-state index is 11.3. The van der Waals surface area contributed by atoms with E-state index in [-0.39, 0.29) is 29.9 Å². The molecular weight excluding hydrogens is 347 g/mol. The van der Waals surface area contributed by atoms with E-state index in [1.54, 1.807) is 26.0 Å². The molecule has 0 aromatic rings. The van der Waals surface area contributed by atoms with Crippen LogP contribution in [0, 0.1) is 0 Å². The number of nitrogens with zero attached hydrogens (tertiary/aromatic N) is 2. The maximum Gasteiger partial charge on any atom is 0.223 e. The number of rotatable bonds is 7. The fourth-order valence-corrected chi connectivity index (χ4v) is 1.12. The van der Waals surface area contributed by atoms with Gasteiger partial charge in [0.15, 0.2) is 5.96 Å². The minimum absolute atomic E-state index is 0. The monoisotopic (exact) mass is 372 g/mol. The zero-order valence-electron chi connectivity index (χ0n) is 11.7. The SMILES string of the molecule is CCOCCNC(=NC)NCCC(=O)N(C)C.I. The van der Waals surface area contributed by atoms with Crippen molar-refractivity contribution >= 4 is 35.8 Å². The molecule has 1 amide bonds.